The molecule has 29 heavy (non-hydrogen) atoms. The van der Waals surface area contributed by atoms with E-state index in [9.17, 15) is 9.18 Å². The molecule has 0 aliphatic carbocycles. The van der Waals surface area contributed by atoms with Gasteiger partial charge in [-0.3, -0.25) is 4.79 Å². The van der Waals surface area contributed by atoms with Crippen molar-refractivity contribution in [1.82, 2.24) is 10.1 Å². The zero-order valence-corrected chi connectivity index (χ0v) is 15.8. The summed E-state index contributed by atoms with van der Waals surface area (Å²) < 4.78 is 24.3. The number of benzene rings is 2. The first-order valence-electron chi connectivity index (χ1n) is 9.38. The second kappa shape index (κ2) is 8.50. The molecule has 1 atom stereocenters. The Morgan fingerprint density at radius 2 is 2.10 bits per heavy atom. The van der Waals surface area contributed by atoms with Crippen molar-refractivity contribution in [3.8, 4) is 11.4 Å². The summed E-state index contributed by atoms with van der Waals surface area (Å²) in [4.78, 5) is 18.6. The molecule has 2 heterocycles. The van der Waals surface area contributed by atoms with Crippen molar-refractivity contribution in [2.45, 2.75) is 13.0 Å². The Balaban J connectivity index is 1.38. The van der Waals surface area contributed by atoms with Crippen LogP contribution >= 0.6 is 0 Å². The molecule has 2 N–H and O–H groups in total. The number of carbonyl (C=O) groups is 1. The van der Waals surface area contributed by atoms with Crippen molar-refractivity contribution >= 4 is 11.6 Å². The van der Waals surface area contributed by atoms with Gasteiger partial charge in [0.2, 0.25) is 5.82 Å². The highest BCUT2D eigenvalue weighted by atomic mass is 19.1. The first-order valence-corrected chi connectivity index (χ1v) is 9.38. The summed E-state index contributed by atoms with van der Waals surface area (Å²) in [6.45, 7) is 0.772. The Hall–Kier alpha value is -3.10. The predicted molar refractivity (Wildman–Crippen MR) is 104 cm³/mol. The fraction of sp³-hybridized carbons (Fsp3) is 0.286. The Labute approximate surface area is 167 Å². The van der Waals surface area contributed by atoms with Gasteiger partial charge in [0.15, 0.2) is 0 Å². The van der Waals surface area contributed by atoms with Gasteiger partial charge >= 0.3 is 0 Å². The van der Waals surface area contributed by atoms with E-state index in [2.05, 4.69) is 10.1 Å². The monoisotopic (exact) mass is 396 g/mol. The second-order valence-electron chi connectivity index (χ2n) is 6.95. The third-order valence-electron chi connectivity index (χ3n) is 4.87. The van der Waals surface area contributed by atoms with Crippen LogP contribution in [0.3, 0.4) is 0 Å². The highest BCUT2D eigenvalue weighted by Gasteiger charge is 2.28. The highest BCUT2D eigenvalue weighted by Crippen LogP contribution is 2.30. The van der Waals surface area contributed by atoms with E-state index in [4.69, 9.17) is 15.0 Å². The van der Waals surface area contributed by atoms with E-state index in [-0.39, 0.29) is 36.7 Å². The van der Waals surface area contributed by atoms with E-state index in [1.54, 1.807) is 11.0 Å². The average molecular weight is 396 g/mol. The van der Waals surface area contributed by atoms with E-state index in [0.717, 1.165) is 11.1 Å². The van der Waals surface area contributed by atoms with Gasteiger partial charge in [-0.05, 0) is 42.6 Å². The van der Waals surface area contributed by atoms with Crippen LogP contribution in [0, 0.1) is 11.7 Å². The lowest BCUT2D eigenvalue weighted by atomic mass is 9.92. The maximum Gasteiger partial charge on any atom is 0.253 e. The number of fused-ring (bicyclic) bond motifs is 1. The van der Waals surface area contributed by atoms with Crippen molar-refractivity contribution in [2.24, 2.45) is 11.7 Å². The number of aromatic nitrogens is 2. The summed E-state index contributed by atoms with van der Waals surface area (Å²) in [5.74, 6) is 0.290. The molecule has 1 amide bonds. The third-order valence-corrected chi connectivity index (χ3v) is 4.87. The number of hydrogen-bond donors (Lipinski definition) is 1. The molecule has 2 aromatic carbocycles. The predicted octanol–water partition coefficient (Wildman–Crippen LogP) is 2.56. The number of rotatable bonds is 6. The van der Waals surface area contributed by atoms with Gasteiger partial charge in [0.05, 0.1) is 0 Å². The molecular formula is C21H21FN4O3. The SMILES string of the molecule is NCC1Cc2cc(F)ccc2N(C(=O)COCc2nc(-c3ccccc3)no2)C1. The molecule has 0 fully saturated rings. The van der Waals surface area contributed by atoms with Crippen molar-refractivity contribution in [3.63, 3.8) is 0 Å². The number of amides is 1. The fourth-order valence-corrected chi connectivity index (χ4v) is 3.43. The lowest BCUT2D eigenvalue weighted by molar-refractivity contribution is -0.124. The zero-order valence-electron chi connectivity index (χ0n) is 15.8. The van der Waals surface area contributed by atoms with Gasteiger partial charge in [0.25, 0.3) is 11.8 Å². The van der Waals surface area contributed by atoms with Crippen LogP contribution in [0.4, 0.5) is 10.1 Å². The summed E-state index contributed by atoms with van der Waals surface area (Å²) >= 11 is 0. The third kappa shape index (κ3) is 4.33. The van der Waals surface area contributed by atoms with Crippen LogP contribution in [0.1, 0.15) is 11.5 Å². The van der Waals surface area contributed by atoms with Crippen LogP contribution in [0.5, 0.6) is 0 Å². The molecule has 3 aromatic rings. The van der Waals surface area contributed by atoms with E-state index < -0.39 is 0 Å². The molecule has 0 radical (unpaired) electrons. The maximum absolute atomic E-state index is 13.6. The van der Waals surface area contributed by atoms with Gasteiger partial charge < -0.3 is 19.9 Å². The molecule has 1 unspecified atom stereocenters. The summed E-state index contributed by atoms with van der Waals surface area (Å²) in [5.41, 5.74) is 8.12. The van der Waals surface area contributed by atoms with E-state index >= 15 is 0 Å². The van der Waals surface area contributed by atoms with Gasteiger partial charge in [-0.15, -0.1) is 0 Å². The summed E-state index contributed by atoms with van der Waals surface area (Å²) in [6.07, 6.45) is 0.651. The summed E-state index contributed by atoms with van der Waals surface area (Å²) in [6, 6.07) is 13.9. The number of halogens is 1. The normalized spacial score (nSPS) is 15.9. The van der Waals surface area contributed by atoms with Crippen molar-refractivity contribution in [1.29, 1.82) is 0 Å². The highest BCUT2D eigenvalue weighted by molar-refractivity contribution is 5.95. The lowest BCUT2D eigenvalue weighted by Crippen LogP contribution is -2.43. The number of nitrogens with zero attached hydrogens (tertiary/aromatic N) is 3. The molecule has 7 nitrogen and oxygen atoms in total. The minimum atomic E-state index is -0.323. The molecule has 1 aromatic heterocycles. The molecule has 1 aliphatic heterocycles. The Morgan fingerprint density at radius 1 is 1.28 bits per heavy atom. The molecule has 150 valence electrons. The smallest absolute Gasteiger partial charge is 0.253 e. The quantitative estimate of drug-likeness (QED) is 0.688. The first-order chi connectivity index (χ1) is 14.1. The first kappa shape index (κ1) is 19.2. The fourth-order valence-electron chi connectivity index (χ4n) is 3.43. The molecule has 8 heteroatoms. The number of carbonyl (C=O) groups excluding carboxylic acids is 1. The molecule has 0 saturated carbocycles. The van der Waals surface area contributed by atoms with Gasteiger partial charge in [0.1, 0.15) is 19.0 Å². The van der Waals surface area contributed by atoms with Crippen LogP contribution in [-0.4, -0.2) is 35.7 Å². The Morgan fingerprint density at radius 3 is 2.90 bits per heavy atom. The average Bonchev–Trinajstić information content (AvgIpc) is 3.22. The van der Waals surface area contributed by atoms with Crippen molar-refractivity contribution < 1.29 is 18.4 Å². The van der Waals surface area contributed by atoms with Crippen LogP contribution < -0.4 is 10.6 Å². The van der Waals surface area contributed by atoms with Crippen molar-refractivity contribution in [3.05, 3.63) is 65.8 Å². The zero-order chi connectivity index (χ0) is 20.2. The number of ether oxygens (including phenoxy) is 1. The van der Waals surface area contributed by atoms with Crippen LogP contribution in [0.2, 0.25) is 0 Å². The maximum atomic E-state index is 13.6. The Kier molecular flexibility index (Phi) is 5.64. The lowest BCUT2D eigenvalue weighted by Gasteiger charge is -2.34. The molecular weight excluding hydrogens is 375 g/mol. The molecule has 0 saturated heterocycles. The second-order valence-corrected chi connectivity index (χ2v) is 6.95. The van der Waals surface area contributed by atoms with Crippen LogP contribution in [0.15, 0.2) is 53.1 Å². The minimum Gasteiger partial charge on any atom is -0.362 e. The van der Waals surface area contributed by atoms with E-state index in [1.165, 1.54) is 12.1 Å². The molecule has 0 spiro atoms. The topological polar surface area (TPSA) is 94.5 Å². The number of nitrogens with two attached hydrogens (primary N) is 1. The number of hydrogen-bond acceptors (Lipinski definition) is 6. The molecule has 1 aliphatic rings. The van der Waals surface area contributed by atoms with E-state index in [0.29, 0.717) is 31.0 Å². The minimum absolute atomic E-state index is 0.0238. The van der Waals surface area contributed by atoms with Crippen molar-refractivity contribution in [2.75, 3.05) is 24.6 Å². The van der Waals surface area contributed by atoms with Gasteiger partial charge in [0, 0.05) is 17.8 Å². The molecule has 4 rings (SSSR count). The van der Waals surface area contributed by atoms with E-state index in [1.807, 2.05) is 30.3 Å². The van der Waals surface area contributed by atoms with Gasteiger partial charge in [-0.1, -0.05) is 35.5 Å². The van der Waals surface area contributed by atoms with Crippen LogP contribution in [-0.2, 0) is 22.6 Å². The number of anilines is 1. The standard InChI is InChI=1S/C21H21FN4O3/c22-17-6-7-18-16(9-17)8-14(10-23)11-26(18)20(27)13-28-12-19-24-21(25-29-19)15-4-2-1-3-5-15/h1-7,9,14H,8,10-13,23H2. The van der Waals surface area contributed by atoms with Gasteiger partial charge in [-0.25, -0.2) is 4.39 Å². The summed E-state index contributed by atoms with van der Waals surface area (Å²) in [5, 5.41) is 3.92. The summed E-state index contributed by atoms with van der Waals surface area (Å²) in [7, 11) is 0. The Bertz CT molecular complexity index is 993. The largest absolute Gasteiger partial charge is 0.362 e. The van der Waals surface area contributed by atoms with Crippen LogP contribution in [0.25, 0.3) is 11.4 Å². The van der Waals surface area contributed by atoms with Gasteiger partial charge in [-0.2, -0.15) is 4.98 Å². The molecule has 0 bridgehead atoms.